The number of hydrogen-bond acceptors (Lipinski definition) is 3. The van der Waals surface area contributed by atoms with Gasteiger partial charge in [-0.1, -0.05) is 39.0 Å². The second-order valence-electron chi connectivity index (χ2n) is 8.17. The van der Waals surface area contributed by atoms with Gasteiger partial charge in [0.15, 0.2) is 0 Å². The lowest BCUT2D eigenvalue weighted by atomic mass is 9.95. The van der Waals surface area contributed by atoms with E-state index in [0.29, 0.717) is 5.69 Å². The summed E-state index contributed by atoms with van der Waals surface area (Å²) in [7, 11) is -2.48. The fourth-order valence-electron chi connectivity index (χ4n) is 2.88. The summed E-state index contributed by atoms with van der Waals surface area (Å²) < 4.78 is 65.6. The van der Waals surface area contributed by atoms with Gasteiger partial charge in [0.2, 0.25) is 0 Å². The molecular formula is C21H25F3N2O3S. The first kappa shape index (κ1) is 23.7. The molecule has 0 unspecified atom stereocenters. The van der Waals surface area contributed by atoms with Crippen LogP contribution in [0.3, 0.4) is 0 Å². The number of carbonyl (C=O) groups excluding carboxylic acids is 1. The van der Waals surface area contributed by atoms with Crippen LogP contribution in [0.15, 0.2) is 59.5 Å². The van der Waals surface area contributed by atoms with E-state index in [1.165, 1.54) is 31.3 Å². The van der Waals surface area contributed by atoms with E-state index in [2.05, 4.69) is 0 Å². The van der Waals surface area contributed by atoms with Gasteiger partial charge in [-0.25, -0.2) is 8.42 Å². The molecule has 2 aromatic carbocycles. The Bertz CT molecular complexity index is 951. The largest absolute Gasteiger partial charge is 0.406 e. The van der Waals surface area contributed by atoms with Crippen LogP contribution in [0.4, 0.5) is 18.9 Å². The first-order valence-corrected chi connectivity index (χ1v) is 10.6. The summed E-state index contributed by atoms with van der Waals surface area (Å²) >= 11 is 0. The third kappa shape index (κ3) is 6.22. The summed E-state index contributed by atoms with van der Waals surface area (Å²) in [6, 6.07) is 13.4. The van der Waals surface area contributed by atoms with Crippen molar-refractivity contribution in [3.8, 4) is 0 Å². The maximum atomic E-state index is 12.9. The van der Waals surface area contributed by atoms with Gasteiger partial charge in [0, 0.05) is 19.2 Å². The van der Waals surface area contributed by atoms with Crippen LogP contribution in [0.5, 0.6) is 0 Å². The monoisotopic (exact) mass is 442 g/mol. The molecule has 0 radical (unpaired) electrons. The topological polar surface area (TPSA) is 57.7 Å². The molecule has 5 nitrogen and oxygen atoms in total. The summed E-state index contributed by atoms with van der Waals surface area (Å²) in [6.07, 6.45) is -4.54. The Morgan fingerprint density at radius 2 is 1.43 bits per heavy atom. The average molecular weight is 443 g/mol. The van der Waals surface area contributed by atoms with Gasteiger partial charge in [0.1, 0.15) is 6.54 Å². The van der Waals surface area contributed by atoms with Crippen molar-refractivity contribution in [3.63, 3.8) is 0 Å². The zero-order chi connectivity index (χ0) is 22.7. The van der Waals surface area contributed by atoms with E-state index >= 15 is 0 Å². The van der Waals surface area contributed by atoms with E-state index in [4.69, 9.17) is 0 Å². The van der Waals surface area contributed by atoms with Crippen molar-refractivity contribution in [2.75, 3.05) is 24.4 Å². The molecule has 30 heavy (non-hydrogen) atoms. The molecule has 0 N–H and O–H groups in total. The van der Waals surface area contributed by atoms with Crippen molar-refractivity contribution in [3.05, 3.63) is 60.2 Å². The predicted molar refractivity (Wildman–Crippen MR) is 110 cm³/mol. The highest BCUT2D eigenvalue weighted by atomic mass is 32.2. The maximum absolute atomic E-state index is 12.9. The summed E-state index contributed by atoms with van der Waals surface area (Å²) in [4.78, 5) is 13.4. The molecule has 0 aromatic heterocycles. The van der Waals surface area contributed by atoms with Crippen molar-refractivity contribution >= 4 is 21.6 Å². The second-order valence-corrected chi connectivity index (χ2v) is 10.1. The Morgan fingerprint density at radius 1 is 0.900 bits per heavy atom. The fraction of sp³-hybridized carbons (Fsp3) is 0.381. The molecule has 0 saturated heterocycles. The lowest BCUT2D eigenvalue weighted by Gasteiger charge is -2.30. The summed E-state index contributed by atoms with van der Waals surface area (Å²) in [5.41, 5.74) is -0.0910. The smallest absolute Gasteiger partial charge is 0.329 e. The van der Waals surface area contributed by atoms with Crippen molar-refractivity contribution in [1.29, 1.82) is 0 Å². The molecule has 0 fully saturated rings. The number of rotatable bonds is 6. The molecule has 0 aliphatic heterocycles. The van der Waals surface area contributed by atoms with Gasteiger partial charge in [-0.15, -0.1) is 0 Å². The van der Waals surface area contributed by atoms with Gasteiger partial charge in [0.25, 0.3) is 15.9 Å². The van der Waals surface area contributed by atoms with Gasteiger partial charge in [0.05, 0.1) is 10.6 Å². The highest BCUT2D eigenvalue weighted by Gasteiger charge is 2.35. The van der Waals surface area contributed by atoms with Crippen LogP contribution in [-0.4, -0.2) is 45.5 Å². The number of para-hydroxylation sites is 1. The van der Waals surface area contributed by atoms with Gasteiger partial charge >= 0.3 is 6.18 Å². The van der Waals surface area contributed by atoms with Crippen molar-refractivity contribution in [1.82, 2.24) is 4.90 Å². The van der Waals surface area contributed by atoms with Crippen LogP contribution in [0.25, 0.3) is 0 Å². The molecule has 1 amide bonds. The molecule has 0 aliphatic carbocycles. The number of hydrogen-bond donors (Lipinski definition) is 0. The minimum Gasteiger partial charge on any atom is -0.329 e. The number of carbonyl (C=O) groups is 1. The zero-order valence-electron chi connectivity index (χ0n) is 17.3. The molecule has 2 rings (SSSR count). The zero-order valence-corrected chi connectivity index (χ0v) is 18.1. The Hall–Kier alpha value is -2.55. The molecule has 164 valence electrons. The molecule has 0 atom stereocenters. The Balaban J connectivity index is 2.29. The van der Waals surface area contributed by atoms with E-state index in [1.54, 1.807) is 51.1 Å². The molecule has 0 heterocycles. The first-order valence-electron chi connectivity index (χ1n) is 9.21. The molecule has 0 bridgehead atoms. The van der Waals surface area contributed by atoms with E-state index in [0.717, 1.165) is 9.21 Å². The predicted octanol–water partition coefficient (Wildman–Crippen LogP) is 4.56. The summed E-state index contributed by atoms with van der Waals surface area (Å²) in [5.74, 6) is -0.803. The third-order valence-corrected chi connectivity index (χ3v) is 6.00. The highest BCUT2D eigenvalue weighted by molar-refractivity contribution is 7.92. The van der Waals surface area contributed by atoms with Crippen LogP contribution in [0.1, 0.15) is 31.1 Å². The lowest BCUT2D eigenvalue weighted by molar-refractivity contribution is -0.142. The van der Waals surface area contributed by atoms with E-state index in [1.807, 2.05) is 0 Å². The quantitative estimate of drug-likeness (QED) is 0.659. The minimum absolute atomic E-state index is 0.00943. The number of amides is 1. The van der Waals surface area contributed by atoms with Gasteiger partial charge in [-0.2, -0.15) is 13.2 Å². The normalized spacial score (nSPS) is 12.5. The van der Waals surface area contributed by atoms with Crippen molar-refractivity contribution in [2.45, 2.75) is 31.8 Å². The van der Waals surface area contributed by atoms with Crippen LogP contribution in [0.2, 0.25) is 0 Å². The number of sulfonamides is 1. The van der Waals surface area contributed by atoms with Crippen LogP contribution >= 0.6 is 0 Å². The number of halogens is 3. The Kier molecular flexibility index (Phi) is 6.86. The molecule has 9 heteroatoms. The number of alkyl halides is 3. The number of nitrogens with zero attached hydrogens (tertiary/aromatic N) is 2. The Labute approximate surface area is 175 Å². The number of anilines is 1. The van der Waals surface area contributed by atoms with Crippen molar-refractivity contribution < 1.29 is 26.4 Å². The molecule has 2 aromatic rings. The highest BCUT2D eigenvalue weighted by Crippen LogP contribution is 2.25. The molecular weight excluding hydrogens is 417 g/mol. The summed E-state index contributed by atoms with van der Waals surface area (Å²) in [6.45, 7) is 3.73. The van der Waals surface area contributed by atoms with Crippen LogP contribution < -0.4 is 4.31 Å². The minimum atomic E-state index is -4.54. The van der Waals surface area contributed by atoms with Gasteiger partial charge < -0.3 is 4.90 Å². The van der Waals surface area contributed by atoms with Crippen LogP contribution in [-0.2, 0) is 10.0 Å². The Morgan fingerprint density at radius 3 is 1.90 bits per heavy atom. The maximum Gasteiger partial charge on any atom is 0.406 e. The van der Waals surface area contributed by atoms with E-state index in [9.17, 15) is 26.4 Å². The third-order valence-electron chi connectivity index (χ3n) is 4.20. The SMILES string of the molecule is CN(c1ccccc1)S(=O)(=O)c1ccc(C(=O)N(CC(C)(C)C)CC(F)(F)F)cc1. The molecule has 0 spiro atoms. The van der Waals surface area contributed by atoms with Gasteiger partial charge in [-0.05, 0) is 41.8 Å². The summed E-state index contributed by atoms with van der Waals surface area (Å²) in [5, 5.41) is 0. The molecule has 0 saturated carbocycles. The standard InChI is InChI=1S/C21H25F3N2O3S/c1-20(2,3)14-26(15-21(22,23)24)19(27)16-10-12-18(13-11-16)30(28,29)25(4)17-8-6-5-7-9-17/h5-13H,14-15H2,1-4H3. The van der Waals surface area contributed by atoms with Gasteiger partial charge in [-0.3, -0.25) is 9.10 Å². The van der Waals surface area contributed by atoms with Crippen LogP contribution in [0, 0.1) is 5.41 Å². The lowest BCUT2D eigenvalue weighted by Crippen LogP contribution is -2.43. The van der Waals surface area contributed by atoms with Crippen molar-refractivity contribution in [2.24, 2.45) is 5.41 Å². The van der Waals surface area contributed by atoms with E-state index in [-0.39, 0.29) is 17.0 Å². The molecule has 0 aliphatic rings. The fourth-order valence-corrected chi connectivity index (χ4v) is 4.07. The first-order chi connectivity index (χ1) is 13.7. The van der Waals surface area contributed by atoms with E-state index < -0.39 is 34.1 Å². The number of benzene rings is 2. The second kappa shape index (κ2) is 8.67. The average Bonchev–Trinajstić information content (AvgIpc) is 2.65.